The highest BCUT2D eigenvalue weighted by molar-refractivity contribution is 14.2. The zero-order chi connectivity index (χ0) is 18.4. The molecule has 0 atom stereocenters. The largest absolute Gasteiger partial charge is 0.508 e. The van der Waals surface area contributed by atoms with Gasteiger partial charge in [0.05, 0.1) is 18.3 Å². The van der Waals surface area contributed by atoms with Crippen molar-refractivity contribution in [3.8, 4) is 22.6 Å². The van der Waals surface area contributed by atoms with Crippen LogP contribution in [-0.2, 0) is 0 Å². The van der Waals surface area contributed by atoms with Gasteiger partial charge in [-0.15, -0.1) is 0 Å². The van der Waals surface area contributed by atoms with E-state index in [0.29, 0.717) is 5.75 Å². The van der Waals surface area contributed by atoms with Crippen molar-refractivity contribution in [2.24, 2.45) is 0 Å². The van der Waals surface area contributed by atoms with Gasteiger partial charge in [-0.25, -0.2) is 0 Å². The Kier molecular flexibility index (Phi) is 3.86. The number of aromatic nitrogens is 2. The van der Waals surface area contributed by atoms with Crippen LogP contribution in [0.5, 0.6) is 11.5 Å². The van der Waals surface area contributed by atoms with Crippen molar-refractivity contribution in [1.29, 1.82) is 0 Å². The van der Waals surface area contributed by atoms with Gasteiger partial charge in [0, 0.05) is 20.6 Å². The highest BCUT2D eigenvalue weighted by Gasteiger charge is 2.19. The number of rotatable bonds is 3. The van der Waals surface area contributed by atoms with E-state index in [1.807, 2.05) is 6.07 Å². The SMILES string of the molecule is COc1cc(O)ccc1-c1ccc2c(C3=Ic4ccccc4N3)n[nH]c2c1. The first-order valence-electron chi connectivity index (χ1n) is 8.46. The zero-order valence-corrected chi connectivity index (χ0v) is 16.6. The van der Waals surface area contributed by atoms with Gasteiger partial charge in [-0.3, -0.25) is 5.10 Å². The first-order valence-corrected chi connectivity index (χ1v) is 10.6. The van der Waals surface area contributed by atoms with E-state index >= 15 is 0 Å². The summed E-state index contributed by atoms with van der Waals surface area (Å²) in [5.74, 6) is 0.829. The lowest BCUT2D eigenvalue weighted by Gasteiger charge is -2.09. The summed E-state index contributed by atoms with van der Waals surface area (Å²) in [7, 11) is 1.61. The van der Waals surface area contributed by atoms with Crippen LogP contribution in [0.4, 0.5) is 5.69 Å². The molecule has 0 radical (unpaired) electrons. The summed E-state index contributed by atoms with van der Waals surface area (Å²) in [5.41, 5.74) is 5.11. The summed E-state index contributed by atoms with van der Waals surface area (Å²) in [6.45, 7) is 0. The molecule has 0 saturated heterocycles. The van der Waals surface area contributed by atoms with Gasteiger partial charge in [-0.2, -0.15) is 5.10 Å². The Morgan fingerprint density at radius 3 is 2.78 bits per heavy atom. The van der Waals surface area contributed by atoms with Crippen LogP contribution in [0.1, 0.15) is 5.69 Å². The second kappa shape index (κ2) is 6.38. The van der Waals surface area contributed by atoms with E-state index in [0.717, 1.165) is 27.7 Å². The Hall–Kier alpha value is -2.87. The maximum Gasteiger partial charge on any atom is 0.130 e. The number of aromatic amines is 1. The molecule has 1 aliphatic rings. The monoisotopic (exact) mass is 469 g/mol. The minimum Gasteiger partial charge on any atom is -0.508 e. The third-order valence-electron chi connectivity index (χ3n) is 4.58. The number of halogens is 1. The highest BCUT2D eigenvalue weighted by atomic mass is 127. The summed E-state index contributed by atoms with van der Waals surface area (Å²) in [6.07, 6.45) is 0. The molecular weight excluding hydrogens is 453 g/mol. The van der Waals surface area contributed by atoms with Gasteiger partial charge in [0.25, 0.3) is 0 Å². The number of phenolic OH excluding ortho intramolecular Hbond substituents is 1. The standard InChI is InChI=1S/C21H16IN3O2/c1-27-19-11-13(26)7-9-14(19)12-6-8-15-18(10-12)24-25-20(15)21-22-16-4-2-3-5-17(16)23-21/h2-11,23,26H,1H3,(H,24,25). The van der Waals surface area contributed by atoms with E-state index in [1.54, 1.807) is 19.2 Å². The molecule has 134 valence electrons. The molecule has 6 heteroatoms. The van der Waals surface area contributed by atoms with Crippen molar-refractivity contribution in [1.82, 2.24) is 10.2 Å². The number of aromatic hydroxyl groups is 1. The number of benzene rings is 3. The molecule has 0 unspecified atom stereocenters. The zero-order valence-electron chi connectivity index (χ0n) is 14.5. The van der Waals surface area contributed by atoms with Crippen LogP contribution in [0, 0.1) is 3.57 Å². The molecule has 1 aliphatic heterocycles. The van der Waals surface area contributed by atoms with Crippen molar-refractivity contribution in [2.75, 3.05) is 12.4 Å². The number of hydrogen-bond acceptors (Lipinski definition) is 4. The maximum atomic E-state index is 9.68. The molecule has 2 heterocycles. The number of nitrogens with zero attached hydrogens (tertiary/aromatic N) is 1. The molecule has 0 saturated carbocycles. The van der Waals surface area contributed by atoms with E-state index in [1.165, 1.54) is 12.9 Å². The number of methoxy groups -OCH3 is 1. The topological polar surface area (TPSA) is 70.2 Å². The Morgan fingerprint density at radius 2 is 1.93 bits per heavy atom. The first-order chi connectivity index (χ1) is 13.2. The predicted molar refractivity (Wildman–Crippen MR) is 117 cm³/mol. The predicted octanol–water partition coefficient (Wildman–Crippen LogP) is 4.69. The molecule has 1 aromatic heterocycles. The van der Waals surface area contributed by atoms with Crippen LogP contribution < -0.4 is 10.1 Å². The van der Waals surface area contributed by atoms with Crippen LogP contribution in [0.3, 0.4) is 0 Å². The maximum absolute atomic E-state index is 9.68. The molecule has 0 fully saturated rings. The molecule has 3 aromatic carbocycles. The van der Waals surface area contributed by atoms with Gasteiger partial charge in [-0.1, -0.05) is 38.9 Å². The number of fused-ring (bicyclic) bond motifs is 2. The summed E-state index contributed by atoms with van der Waals surface area (Å²) >= 11 is -0.260. The van der Waals surface area contributed by atoms with Crippen LogP contribution in [0.15, 0.2) is 60.7 Å². The van der Waals surface area contributed by atoms with Gasteiger partial charge in [0.2, 0.25) is 0 Å². The van der Waals surface area contributed by atoms with Crippen LogP contribution >= 0.6 is 20.7 Å². The molecule has 4 aromatic rings. The number of anilines is 1. The van der Waals surface area contributed by atoms with Gasteiger partial charge in [0.1, 0.15) is 20.8 Å². The Labute approximate surface area is 165 Å². The Balaban J connectivity index is 1.57. The number of para-hydroxylation sites is 1. The molecule has 0 bridgehead atoms. The lowest BCUT2D eigenvalue weighted by atomic mass is 10.0. The fraction of sp³-hybridized carbons (Fsp3) is 0.0476. The number of ether oxygens (including phenoxy) is 1. The van der Waals surface area contributed by atoms with Crippen LogP contribution in [-0.4, -0.2) is 26.0 Å². The minimum absolute atomic E-state index is 0.188. The van der Waals surface area contributed by atoms with Gasteiger partial charge >= 0.3 is 0 Å². The fourth-order valence-corrected chi connectivity index (χ4v) is 5.93. The molecule has 5 nitrogen and oxygen atoms in total. The number of hydrogen-bond donors (Lipinski definition) is 3. The average Bonchev–Trinajstić information content (AvgIpc) is 3.30. The van der Waals surface area contributed by atoms with Gasteiger partial charge < -0.3 is 15.2 Å². The van der Waals surface area contributed by atoms with E-state index < -0.39 is 0 Å². The summed E-state index contributed by atoms with van der Waals surface area (Å²) < 4.78 is 8.03. The molecule has 5 rings (SSSR count). The molecule has 0 spiro atoms. The van der Waals surface area contributed by atoms with Crippen LogP contribution in [0.25, 0.3) is 22.0 Å². The highest BCUT2D eigenvalue weighted by Crippen LogP contribution is 2.36. The van der Waals surface area contributed by atoms with E-state index in [-0.39, 0.29) is 26.5 Å². The second-order valence-electron chi connectivity index (χ2n) is 6.23. The third kappa shape index (κ3) is 2.76. The second-order valence-corrected chi connectivity index (χ2v) is 9.01. The van der Waals surface area contributed by atoms with Crippen molar-refractivity contribution in [3.05, 3.63) is 69.9 Å². The number of H-pyrrole nitrogens is 1. The normalized spacial score (nSPS) is 12.9. The van der Waals surface area contributed by atoms with Gasteiger partial charge in [0.15, 0.2) is 0 Å². The quantitative estimate of drug-likeness (QED) is 0.381. The lowest BCUT2D eigenvalue weighted by molar-refractivity contribution is 0.409. The van der Waals surface area contributed by atoms with E-state index in [9.17, 15) is 5.11 Å². The fourth-order valence-electron chi connectivity index (χ4n) is 3.27. The van der Waals surface area contributed by atoms with E-state index in [2.05, 4.69) is 58.0 Å². The Bertz CT molecular complexity index is 1210. The Morgan fingerprint density at radius 1 is 1.04 bits per heavy atom. The molecule has 0 aliphatic carbocycles. The molecule has 27 heavy (non-hydrogen) atoms. The smallest absolute Gasteiger partial charge is 0.130 e. The number of phenols is 1. The summed E-state index contributed by atoms with van der Waals surface area (Å²) in [5, 5.41) is 22.1. The molecule has 3 N–H and O–H groups in total. The number of nitrogens with one attached hydrogen (secondary N) is 2. The van der Waals surface area contributed by atoms with Crippen molar-refractivity contribution < 1.29 is 9.84 Å². The van der Waals surface area contributed by atoms with Crippen molar-refractivity contribution >= 4 is 41.0 Å². The molecular formula is C21H16IN3O2. The molecule has 0 amide bonds. The minimum atomic E-state index is -0.260. The van der Waals surface area contributed by atoms with Crippen molar-refractivity contribution in [3.63, 3.8) is 0 Å². The lowest BCUT2D eigenvalue weighted by Crippen LogP contribution is -2.08. The summed E-state index contributed by atoms with van der Waals surface area (Å²) in [4.78, 5) is 0. The third-order valence-corrected chi connectivity index (χ3v) is 7.42. The van der Waals surface area contributed by atoms with Crippen LogP contribution in [0.2, 0.25) is 0 Å². The van der Waals surface area contributed by atoms with E-state index in [4.69, 9.17) is 4.74 Å². The average molecular weight is 469 g/mol. The first kappa shape index (κ1) is 16.3. The van der Waals surface area contributed by atoms with Crippen molar-refractivity contribution in [2.45, 2.75) is 0 Å². The summed E-state index contributed by atoms with van der Waals surface area (Å²) in [6, 6.07) is 19.8. The van der Waals surface area contributed by atoms with Gasteiger partial charge in [-0.05, 0) is 42.0 Å².